The van der Waals surface area contributed by atoms with E-state index in [0.717, 1.165) is 49.0 Å². The van der Waals surface area contributed by atoms with Crippen molar-refractivity contribution in [1.29, 1.82) is 0 Å². The average molecular weight is 443 g/mol. The number of guanidine groups is 1. The van der Waals surface area contributed by atoms with Gasteiger partial charge in [0.15, 0.2) is 5.96 Å². The molecule has 24 heavy (non-hydrogen) atoms. The van der Waals surface area contributed by atoms with Crippen LogP contribution in [0.5, 0.6) is 5.75 Å². The van der Waals surface area contributed by atoms with Gasteiger partial charge >= 0.3 is 0 Å². The van der Waals surface area contributed by atoms with Crippen LogP contribution in [0.15, 0.2) is 52.1 Å². The molecule has 1 heterocycles. The summed E-state index contributed by atoms with van der Waals surface area (Å²) in [5, 5.41) is 6.66. The van der Waals surface area contributed by atoms with Gasteiger partial charge in [-0.1, -0.05) is 25.1 Å². The highest BCUT2D eigenvalue weighted by atomic mass is 127. The van der Waals surface area contributed by atoms with Crippen molar-refractivity contribution in [3.8, 4) is 5.75 Å². The van der Waals surface area contributed by atoms with Crippen molar-refractivity contribution >= 4 is 29.9 Å². The number of benzene rings is 1. The Bertz CT molecular complexity index is 600. The summed E-state index contributed by atoms with van der Waals surface area (Å²) < 4.78 is 10.7. The van der Waals surface area contributed by atoms with Gasteiger partial charge in [0.25, 0.3) is 0 Å². The molecule has 0 saturated carbocycles. The molecular formula is C18H26IN3O2. The molecule has 0 aliphatic rings. The van der Waals surface area contributed by atoms with Gasteiger partial charge in [0.05, 0.1) is 19.9 Å². The fourth-order valence-corrected chi connectivity index (χ4v) is 2.17. The molecule has 0 saturated heterocycles. The molecule has 0 amide bonds. The van der Waals surface area contributed by atoms with E-state index < -0.39 is 0 Å². The van der Waals surface area contributed by atoms with E-state index in [9.17, 15) is 0 Å². The molecule has 1 aromatic carbocycles. The summed E-state index contributed by atoms with van der Waals surface area (Å²) in [4.78, 5) is 4.64. The van der Waals surface area contributed by atoms with E-state index in [2.05, 4.69) is 22.5 Å². The van der Waals surface area contributed by atoms with Gasteiger partial charge in [0, 0.05) is 25.1 Å². The maximum absolute atomic E-state index is 5.37. The zero-order valence-corrected chi connectivity index (χ0v) is 16.6. The van der Waals surface area contributed by atoms with Crippen molar-refractivity contribution in [3.63, 3.8) is 0 Å². The van der Waals surface area contributed by atoms with Gasteiger partial charge in [-0.25, -0.2) is 4.99 Å². The Balaban J connectivity index is 0.00000288. The quantitative estimate of drug-likeness (QED) is 0.372. The normalized spacial score (nSPS) is 10.8. The van der Waals surface area contributed by atoms with Crippen LogP contribution < -0.4 is 15.4 Å². The second-order valence-corrected chi connectivity index (χ2v) is 5.16. The van der Waals surface area contributed by atoms with E-state index in [1.165, 1.54) is 0 Å². The molecule has 0 bridgehead atoms. The third-order valence-corrected chi connectivity index (χ3v) is 3.39. The Morgan fingerprint density at radius 1 is 1.12 bits per heavy atom. The first-order chi connectivity index (χ1) is 11.3. The average Bonchev–Trinajstić information content (AvgIpc) is 3.10. The number of halogens is 1. The number of hydrogen-bond acceptors (Lipinski definition) is 3. The van der Waals surface area contributed by atoms with Crippen LogP contribution in [0.4, 0.5) is 0 Å². The summed E-state index contributed by atoms with van der Waals surface area (Å²) in [5.74, 6) is 2.64. The maximum Gasteiger partial charge on any atom is 0.191 e. The van der Waals surface area contributed by atoms with E-state index in [4.69, 9.17) is 9.15 Å². The van der Waals surface area contributed by atoms with Crippen molar-refractivity contribution in [2.45, 2.75) is 26.3 Å². The summed E-state index contributed by atoms with van der Waals surface area (Å²) in [5.41, 5.74) is 1.07. The second-order valence-electron chi connectivity index (χ2n) is 5.16. The van der Waals surface area contributed by atoms with Gasteiger partial charge in [0.1, 0.15) is 11.5 Å². The second kappa shape index (κ2) is 11.8. The van der Waals surface area contributed by atoms with Crippen LogP contribution in [0.1, 0.15) is 24.7 Å². The molecule has 132 valence electrons. The monoisotopic (exact) mass is 443 g/mol. The Hall–Kier alpha value is -1.70. The lowest BCUT2D eigenvalue weighted by Gasteiger charge is -2.12. The van der Waals surface area contributed by atoms with Crippen LogP contribution >= 0.6 is 24.0 Å². The minimum absolute atomic E-state index is 0. The lowest BCUT2D eigenvalue weighted by Crippen LogP contribution is -2.38. The third kappa shape index (κ3) is 6.82. The number of nitrogens with one attached hydrogen (secondary N) is 2. The van der Waals surface area contributed by atoms with Crippen LogP contribution in [-0.2, 0) is 13.0 Å². The van der Waals surface area contributed by atoms with Crippen LogP contribution in [0.3, 0.4) is 0 Å². The summed E-state index contributed by atoms with van der Waals surface area (Å²) in [6.45, 7) is 4.37. The Morgan fingerprint density at radius 3 is 2.62 bits per heavy atom. The van der Waals surface area contributed by atoms with Gasteiger partial charge in [-0.15, -0.1) is 24.0 Å². The molecular weight excluding hydrogens is 417 g/mol. The molecule has 1 aromatic heterocycles. The summed E-state index contributed by atoms with van der Waals surface area (Å²) >= 11 is 0. The van der Waals surface area contributed by atoms with Crippen molar-refractivity contribution in [2.24, 2.45) is 4.99 Å². The predicted octanol–water partition coefficient (Wildman–Crippen LogP) is 3.59. The highest BCUT2D eigenvalue weighted by molar-refractivity contribution is 14.0. The number of hydrogen-bond donors (Lipinski definition) is 2. The molecule has 0 fully saturated rings. The SMILES string of the molecule is CCCNC(=NCc1ccccc1OC)NCCc1ccco1.I. The van der Waals surface area contributed by atoms with Crippen molar-refractivity contribution in [3.05, 3.63) is 54.0 Å². The number of para-hydroxylation sites is 1. The smallest absolute Gasteiger partial charge is 0.191 e. The van der Waals surface area contributed by atoms with E-state index in [1.807, 2.05) is 36.4 Å². The molecule has 0 aliphatic carbocycles. The summed E-state index contributed by atoms with van der Waals surface area (Å²) in [7, 11) is 1.68. The number of furan rings is 1. The van der Waals surface area contributed by atoms with Gasteiger partial charge in [-0.05, 0) is 24.6 Å². The molecule has 0 aliphatic heterocycles. The number of ether oxygens (including phenoxy) is 1. The fraction of sp³-hybridized carbons (Fsp3) is 0.389. The molecule has 2 aromatic rings. The first kappa shape index (κ1) is 20.3. The highest BCUT2D eigenvalue weighted by Gasteiger charge is 2.03. The van der Waals surface area contributed by atoms with E-state index in [1.54, 1.807) is 13.4 Å². The lowest BCUT2D eigenvalue weighted by molar-refractivity contribution is 0.410. The summed E-state index contributed by atoms with van der Waals surface area (Å²) in [6.07, 6.45) is 3.57. The third-order valence-electron chi connectivity index (χ3n) is 3.39. The van der Waals surface area contributed by atoms with Crippen LogP contribution in [-0.4, -0.2) is 26.2 Å². The van der Waals surface area contributed by atoms with E-state index in [0.29, 0.717) is 6.54 Å². The predicted molar refractivity (Wildman–Crippen MR) is 108 cm³/mol. The van der Waals surface area contributed by atoms with Gasteiger partial charge in [-0.3, -0.25) is 0 Å². The number of rotatable bonds is 8. The molecule has 2 rings (SSSR count). The van der Waals surface area contributed by atoms with Crippen LogP contribution in [0.25, 0.3) is 0 Å². The molecule has 0 radical (unpaired) electrons. The molecule has 5 nitrogen and oxygen atoms in total. The van der Waals surface area contributed by atoms with E-state index in [-0.39, 0.29) is 24.0 Å². The van der Waals surface area contributed by atoms with Gasteiger partial charge in [-0.2, -0.15) is 0 Å². The number of aliphatic imine (C=N–C) groups is 1. The molecule has 6 heteroatoms. The molecule has 0 atom stereocenters. The number of nitrogens with zero attached hydrogens (tertiary/aromatic N) is 1. The standard InChI is InChI=1S/C18H25N3O2.HI/c1-3-11-19-18(20-12-10-16-8-6-13-23-16)21-14-15-7-4-5-9-17(15)22-2;/h4-9,13H,3,10-12,14H2,1-2H3,(H2,19,20,21);1H. The van der Waals surface area contributed by atoms with Crippen LogP contribution in [0, 0.1) is 0 Å². The van der Waals surface area contributed by atoms with Crippen molar-refractivity contribution in [1.82, 2.24) is 10.6 Å². The van der Waals surface area contributed by atoms with E-state index >= 15 is 0 Å². The Labute approximate surface area is 160 Å². The first-order valence-electron chi connectivity index (χ1n) is 8.00. The topological polar surface area (TPSA) is 58.8 Å². The maximum atomic E-state index is 5.37. The number of methoxy groups -OCH3 is 1. The zero-order valence-electron chi connectivity index (χ0n) is 14.2. The van der Waals surface area contributed by atoms with Gasteiger partial charge < -0.3 is 19.8 Å². The minimum Gasteiger partial charge on any atom is -0.496 e. The molecule has 0 unspecified atom stereocenters. The molecule has 0 spiro atoms. The van der Waals surface area contributed by atoms with Crippen molar-refractivity contribution < 1.29 is 9.15 Å². The van der Waals surface area contributed by atoms with Crippen molar-refractivity contribution in [2.75, 3.05) is 20.2 Å². The van der Waals surface area contributed by atoms with Crippen LogP contribution in [0.2, 0.25) is 0 Å². The molecule has 2 N–H and O–H groups in total. The highest BCUT2D eigenvalue weighted by Crippen LogP contribution is 2.17. The zero-order chi connectivity index (χ0) is 16.3. The first-order valence-corrected chi connectivity index (χ1v) is 8.00. The fourth-order valence-electron chi connectivity index (χ4n) is 2.17. The minimum atomic E-state index is 0. The Kier molecular flexibility index (Phi) is 9.98. The van der Waals surface area contributed by atoms with Gasteiger partial charge in [0.2, 0.25) is 0 Å². The Morgan fingerprint density at radius 2 is 1.92 bits per heavy atom. The summed E-state index contributed by atoms with van der Waals surface area (Å²) in [6, 6.07) is 11.8. The largest absolute Gasteiger partial charge is 0.496 e. The lowest BCUT2D eigenvalue weighted by atomic mass is 10.2.